The van der Waals surface area contributed by atoms with Crippen molar-refractivity contribution < 1.29 is 14.6 Å². The van der Waals surface area contributed by atoms with Crippen LogP contribution in [0.25, 0.3) is 0 Å². The lowest BCUT2D eigenvalue weighted by Gasteiger charge is -2.39. The number of benzene rings is 1. The minimum Gasteiger partial charge on any atom is -0.493 e. The first-order valence-electron chi connectivity index (χ1n) is 10.4. The number of rotatable bonds is 10. The molecule has 8 nitrogen and oxygen atoms in total. The standard InChI is InChI=1S/C22H33N5O3/c1-26(2)12-13-30-19-7-6-18(14-20(19)29-3)15-23-16-22(28)8-4-11-27(17-22)21-24-9-5-10-25-21/h5-7,9-10,14,23,28H,4,8,11-13,15-17H2,1-3H3/t22-/m1/s1. The molecule has 0 aliphatic carbocycles. The molecule has 0 spiro atoms. The van der Waals surface area contributed by atoms with Crippen LogP contribution in [0.4, 0.5) is 5.95 Å². The van der Waals surface area contributed by atoms with E-state index in [1.54, 1.807) is 25.6 Å². The second-order valence-corrected chi connectivity index (χ2v) is 8.04. The lowest BCUT2D eigenvalue weighted by molar-refractivity contribution is 0.0256. The fourth-order valence-corrected chi connectivity index (χ4v) is 3.60. The normalized spacial score (nSPS) is 19.2. The topological polar surface area (TPSA) is 83.0 Å². The van der Waals surface area contributed by atoms with Gasteiger partial charge < -0.3 is 29.7 Å². The van der Waals surface area contributed by atoms with E-state index in [0.717, 1.165) is 43.0 Å². The summed E-state index contributed by atoms with van der Waals surface area (Å²) in [5.41, 5.74) is 0.269. The zero-order valence-corrected chi connectivity index (χ0v) is 18.2. The quantitative estimate of drug-likeness (QED) is 0.605. The van der Waals surface area contributed by atoms with Crippen molar-refractivity contribution in [2.24, 2.45) is 0 Å². The molecule has 0 radical (unpaired) electrons. The molecule has 1 atom stereocenters. The number of ether oxygens (including phenoxy) is 2. The first-order valence-corrected chi connectivity index (χ1v) is 10.4. The van der Waals surface area contributed by atoms with Gasteiger partial charge in [-0.3, -0.25) is 0 Å². The average Bonchev–Trinajstić information content (AvgIpc) is 2.75. The van der Waals surface area contributed by atoms with E-state index >= 15 is 0 Å². The molecule has 8 heteroatoms. The molecule has 0 bridgehead atoms. The number of likely N-dealkylation sites (N-methyl/N-ethyl adjacent to an activating group) is 1. The minimum atomic E-state index is -0.809. The van der Waals surface area contributed by atoms with Crippen LogP contribution in [-0.2, 0) is 6.54 Å². The van der Waals surface area contributed by atoms with Crippen molar-refractivity contribution in [2.75, 3.05) is 58.9 Å². The molecule has 3 rings (SSSR count). The molecule has 0 unspecified atom stereocenters. The van der Waals surface area contributed by atoms with Crippen LogP contribution < -0.4 is 19.7 Å². The summed E-state index contributed by atoms with van der Waals surface area (Å²) in [7, 11) is 5.68. The van der Waals surface area contributed by atoms with Crippen LogP contribution in [0.2, 0.25) is 0 Å². The van der Waals surface area contributed by atoms with Gasteiger partial charge in [-0.25, -0.2) is 9.97 Å². The second-order valence-electron chi connectivity index (χ2n) is 8.04. The van der Waals surface area contributed by atoms with Gasteiger partial charge in [0.15, 0.2) is 11.5 Å². The Morgan fingerprint density at radius 3 is 2.77 bits per heavy atom. The SMILES string of the molecule is COc1cc(CNC[C@]2(O)CCCN(c3ncccn3)C2)ccc1OCCN(C)C. The first kappa shape index (κ1) is 22.3. The fraction of sp³-hybridized carbons (Fsp3) is 0.545. The third kappa shape index (κ3) is 6.29. The number of β-amino-alcohol motifs (C(OH)–C–C–N with tert-alkyl or cyclic N) is 1. The van der Waals surface area contributed by atoms with Gasteiger partial charge in [0.05, 0.1) is 19.3 Å². The molecule has 2 aromatic rings. The van der Waals surface area contributed by atoms with Crippen molar-refractivity contribution in [3.05, 3.63) is 42.2 Å². The molecule has 1 aliphatic rings. The molecule has 2 N–H and O–H groups in total. The third-order valence-corrected chi connectivity index (χ3v) is 5.20. The lowest BCUT2D eigenvalue weighted by atomic mass is 9.93. The molecule has 1 saturated heterocycles. The van der Waals surface area contributed by atoms with Crippen LogP contribution in [-0.4, -0.2) is 79.6 Å². The highest BCUT2D eigenvalue weighted by Gasteiger charge is 2.33. The monoisotopic (exact) mass is 415 g/mol. The van der Waals surface area contributed by atoms with E-state index < -0.39 is 5.60 Å². The number of anilines is 1. The molecule has 1 aliphatic heterocycles. The van der Waals surface area contributed by atoms with Gasteiger partial charge in [0.2, 0.25) is 5.95 Å². The van der Waals surface area contributed by atoms with Crippen molar-refractivity contribution >= 4 is 5.95 Å². The zero-order chi connectivity index (χ0) is 21.4. The van der Waals surface area contributed by atoms with Gasteiger partial charge in [0.25, 0.3) is 0 Å². The van der Waals surface area contributed by atoms with E-state index in [2.05, 4.69) is 20.2 Å². The van der Waals surface area contributed by atoms with Crippen LogP contribution in [0.1, 0.15) is 18.4 Å². The van der Waals surface area contributed by atoms with Gasteiger partial charge in [0.1, 0.15) is 6.61 Å². The molecule has 30 heavy (non-hydrogen) atoms. The van der Waals surface area contributed by atoms with E-state index in [9.17, 15) is 5.11 Å². The van der Waals surface area contributed by atoms with Gasteiger partial charge in [-0.1, -0.05) is 6.07 Å². The lowest BCUT2D eigenvalue weighted by Crippen LogP contribution is -2.53. The number of aromatic nitrogens is 2. The molecule has 0 saturated carbocycles. The summed E-state index contributed by atoms with van der Waals surface area (Å²) in [4.78, 5) is 12.7. The Balaban J connectivity index is 1.52. The van der Waals surface area contributed by atoms with E-state index in [-0.39, 0.29) is 0 Å². The van der Waals surface area contributed by atoms with Crippen molar-refractivity contribution in [2.45, 2.75) is 25.0 Å². The maximum atomic E-state index is 11.1. The Bertz CT molecular complexity index is 790. The predicted octanol–water partition coefficient (Wildman–Crippen LogP) is 1.55. The Labute approximate surface area is 178 Å². The smallest absolute Gasteiger partial charge is 0.225 e. The number of piperidine rings is 1. The summed E-state index contributed by atoms with van der Waals surface area (Å²) in [5.74, 6) is 2.13. The van der Waals surface area contributed by atoms with Gasteiger partial charge in [-0.2, -0.15) is 0 Å². The largest absolute Gasteiger partial charge is 0.493 e. The zero-order valence-electron chi connectivity index (χ0n) is 18.2. The number of hydrogen-bond donors (Lipinski definition) is 2. The molecular weight excluding hydrogens is 382 g/mol. The predicted molar refractivity (Wildman–Crippen MR) is 117 cm³/mol. The fourth-order valence-electron chi connectivity index (χ4n) is 3.60. The second kappa shape index (κ2) is 10.6. The molecule has 1 fully saturated rings. The van der Waals surface area contributed by atoms with Crippen molar-refractivity contribution in [1.82, 2.24) is 20.2 Å². The van der Waals surface area contributed by atoms with Crippen LogP contribution >= 0.6 is 0 Å². The van der Waals surface area contributed by atoms with Crippen LogP contribution in [0.3, 0.4) is 0 Å². The molecule has 1 aromatic heterocycles. The summed E-state index contributed by atoms with van der Waals surface area (Å²) in [6.45, 7) is 3.97. The Hall–Kier alpha value is -2.42. The highest BCUT2D eigenvalue weighted by Crippen LogP contribution is 2.28. The maximum absolute atomic E-state index is 11.1. The Morgan fingerprint density at radius 2 is 2.03 bits per heavy atom. The number of nitrogens with zero attached hydrogens (tertiary/aromatic N) is 4. The van der Waals surface area contributed by atoms with Gasteiger partial charge in [0, 0.05) is 38.6 Å². The number of hydrogen-bond acceptors (Lipinski definition) is 8. The summed E-state index contributed by atoms with van der Waals surface area (Å²) >= 11 is 0. The summed E-state index contributed by atoms with van der Waals surface area (Å²) < 4.78 is 11.3. The van der Waals surface area contributed by atoms with Crippen LogP contribution in [0.15, 0.2) is 36.7 Å². The highest BCUT2D eigenvalue weighted by molar-refractivity contribution is 5.43. The first-order chi connectivity index (χ1) is 14.5. The molecule has 1 aromatic carbocycles. The maximum Gasteiger partial charge on any atom is 0.225 e. The van der Waals surface area contributed by atoms with Gasteiger partial charge in [-0.05, 0) is 50.7 Å². The van der Waals surface area contributed by atoms with Crippen LogP contribution in [0.5, 0.6) is 11.5 Å². The van der Waals surface area contributed by atoms with Crippen molar-refractivity contribution in [3.8, 4) is 11.5 Å². The minimum absolute atomic E-state index is 0.500. The summed E-state index contributed by atoms with van der Waals surface area (Å²) in [5, 5.41) is 14.5. The number of aliphatic hydroxyl groups is 1. The summed E-state index contributed by atoms with van der Waals surface area (Å²) in [6.07, 6.45) is 5.12. The molecule has 164 valence electrons. The summed E-state index contributed by atoms with van der Waals surface area (Å²) in [6, 6.07) is 7.74. The Morgan fingerprint density at radius 1 is 1.23 bits per heavy atom. The molecule has 0 amide bonds. The third-order valence-electron chi connectivity index (χ3n) is 5.20. The van der Waals surface area contributed by atoms with Crippen LogP contribution in [0, 0.1) is 0 Å². The van der Waals surface area contributed by atoms with E-state index in [0.29, 0.717) is 32.2 Å². The van der Waals surface area contributed by atoms with E-state index in [1.807, 2.05) is 37.2 Å². The highest BCUT2D eigenvalue weighted by atomic mass is 16.5. The van der Waals surface area contributed by atoms with Crippen molar-refractivity contribution in [3.63, 3.8) is 0 Å². The van der Waals surface area contributed by atoms with E-state index in [1.165, 1.54) is 0 Å². The average molecular weight is 416 g/mol. The van der Waals surface area contributed by atoms with Gasteiger partial charge in [-0.15, -0.1) is 0 Å². The van der Waals surface area contributed by atoms with E-state index in [4.69, 9.17) is 9.47 Å². The van der Waals surface area contributed by atoms with Gasteiger partial charge >= 0.3 is 0 Å². The number of nitrogens with one attached hydrogen (secondary N) is 1. The molecule has 2 heterocycles. The van der Waals surface area contributed by atoms with Crippen molar-refractivity contribution in [1.29, 1.82) is 0 Å². The Kier molecular flexibility index (Phi) is 7.84. The number of methoxy groups -OCH3 is 1. The molecular formula is C22H33N5O3.